The summed E-state index contributed by atoms with van der Waals surface area (Å²) < 4.78 is 20.5. The number of imidazole rings is 1. The average Bonchev–Trinajstić information content (AvgIpc) is 3.11. The first-order chi connectivity index (χ1) is 11.4. The molecule has 9 nitrogen and oxygen atoms in total. The van der Waals surface area contributed by atoms with Crippen LogP contribution in [-0.4, -0.2) is 49.2 Å². The minimum Gasteiger partial charge on any atom is -0.382 e. The Morgan fingerprint density at radius 1 is 1.17 bits per heavy atom. The van der Waals surface area contributed by atoms with E-state index in [4.69, 9.17) is 25.7 Å². The van der Waals surface area contributed by atoms with Gasteiger partial charge in [0.15, 0.2) is 23.5 Å². The highest BCUT2D eigenvalue weighted by atomic mass is 16.8. The highest BCUT2D eigenvalue weighted by Crippen LogP contribution is 2.55. The average molecular weight is 332 g/mol. The minimum absolute atomic E-state index is 0.134. The van der Waals surface area contributed by atoms with Gasteiger partial charge in [-0.2, -0.15) is 0 Å². The molecule has 24 heavy (non-hydrogen) atoms. The van der Waals surface area contributed by atoms with E-state index in [1.807, 2.05) is 18.4 Å². The third kappa shape index (κ3) is 1.80. The SMILES string of the molecule is CC1(C)OC2C(O1)[C@]1(C[C@@H](N)C1)O[C@H]2n1cnc2c(N)ncnc21. The van der Waals surface area contributed by atoms with E-state index in [0.29, 0.717) is 17.0 Å². The molecule has 9 heteroatoms. The third-order valence-corrected chi connectivity index (χ3v) is 5.16. The van der Waals surface area contributed by atoms with Gasteiger partial charge in [0.05, 0.1) is 6.33 Å². The monoisotopic (exact) mass is 332 g/mol. The maximum atomic E-state index is 6.40. The van der Waals surface area contributed by atoms with Crippen molar-refractivity contribution in [1.82, 2.24) is 19.5 Å². The van der Waals surface area contributed by atoms with E-state index >= 15 is 0 Å². The summed E-state index contributed by atoms with van der Waals surface area (Å²) in [5.41, 5.74) is 12.7. The molecule has 0 bridgehead atoms. The van der Waals surface area contributed by atoms with E-state index in [9.17, 15) is 0 Å². The second-order valence-corrected chi connectivity index (χ2v) is 7.35. The Kier molecular flexibility index (Phi) is 2.68. The van der Waals surface area contributed by atoms with Crippen LogP contribution >= 0.6 is 0 Å². The zero-order valence-corrected chi connectivity index (χ0v) is 13.5. The van der Waals surface area contributed by atoms with Crippen molar-refractivity contribution in [2.75, 3.05) is 5.73 Å². The molecular formula is C15H20N6O3. The van der Waals surface area contributed by atoms with E-state index in [1.54, 1.807) is 6.33 Å². The topological polar surface area (TPSA) is 123 Å². The first kappa shape index (κ1) is 14.5. The zero-order valence-electron chi connectivity index (χ0n) is 13.5. The second kappa shape index (κ2) is 4.42. The summed E-state index contributed by atoms with van der Waals surface area (Å²) in [5.74, 6) is -0.313. The van der Waals surface area contributed by atoms with Crippen LogP contribution in [0.15, 0.2) is 12.7 Å². The Hall–Kier alpha value is -1.81. The number of rotatable bonds is 1. The third-order valence-electron chi connectivity index (χ3n) is 5.16. The van der Waals surface area contributed by atoms with Crippen LogP contribution < -0.4 is 11.5 Å². The van der Waals surface area contributed by atoms with Gasteiger partial charge in [0.2, 0.25) is 0 Å². The molecule has 1 spiro atoms. The summed E-state index contributed by atoms with van der Waals surface area (Å²) in [5, 5.41) is 0. The van der Waals surface area contributed by atoms with Gasteiger partial charge in [0, 0.05) is 6.04 Å². The number of nitrogen functional groups attached to an aromatic ring is 1. The summed E-state index contributed by atoms with van der Waals surface area (Å²) in [7, 11) is 0. The lowest BCUT2D eigenvalue weighted by atomic mass is 9.72. The smallest absolute Gasteiger partial charge is 0.167 e. The Morgan fingerprint density at radius 3 is 2.71 bits per heavy atom. The van der Waals surface area contributed by atoms with Crippen molar-refractivity contribution in [3.8, 4) is 0 Å². The lowest BCUT2D eigenvalue weighted by Gasteiger charge is -2.45. The highest BCUT2D eigenvalue weighted by Gasteiger charge is 2.67. The van der Waals surface area contributed by atoms with E-state index in [-0.39, 0.29) is 24.5 Å². The standard InChI is InChI=1S/C15H20N6O3/c1-14(2)22-9-10(23-14)15(3-7(16)4-15)24-13(9)21-6-20-8-11(17)18-5-19-12(8)21/h5-7,9-10,13H,3-4,16H2,1-2H3,(H2,17,18,19)/t7-,9?,10?,13-,15-/m1/s1. The fourth-order valence-corrected chi connectivity index (χ4v) is 4.21. The van der Waals surface area contributed by atoms with Gasteiger partial charge in [-0.1, -0.05) is 0 Å². The summed E-state index contributed by atoms with van der Waals surface area (Å²) in [6, 6.07) is 0.134. The van der Waals surface area contributed by atoms with E-state index in [1.165, 1.54) is 6.33 Å². The first-order valence-electron chi connectivity index (χ1n) is 8.11. The predicted molar refractivity (Wildman–Crippen MR) is 83.6 cm³/mol. The van der Waals surface area contributed by atoms with Crippen LogP contribution in [0.1, 0.15) is 32.9 Å². The van der Waals surface area contributed by atoms with Crippen LogP contribution in [0.4, 0.5) is 5.82 Å². The molecule has 128 valence electrons. The predicted octanol–water partition coefficient (Wildman–Crippen LogP) is 0.317. The molecule has 3 atom stereocenters. The fourth-order valence-electron chi connectivity index (χ4n) is 4.21. The molecule has 2 aromatic heterocycles. The number of aromatic nitrogens is 4. The lowest BCUT2D eigenvalue weighted by molar-refractivity contribution is -0.238. The number of fused-ring (bicyclic) bond motifs is 3. The number of anilines is 1. The zero-order chi connectivity index (χ0) is 16.7. The van der Waals surface area contributed by atoms with Crippen molar-refractivity contribution in [1.29, 1.82) is 0 Å². The molecule has 0 amide bonds. The fraction of sp³-hybridized carbons (Fsp3) is 0.667. The molecule has 2 saturated heterocycles. The summed E-state index contributed by atoms with van der Waals surface area (Å²) in [6.45, 7) is 3.84. The second-order valence-electron chi connectivity index (χ2n) is 7.35. The molecule has 0 aromatic carbocycles. The number of hydrogen-bond donors (Lipinski definition) is 2. The summed E-state index contributed by atoms with van der Waals surface area (Å²) >= 11 is 0. The Balaban J connectivity index is 1.59. The lowest BCUT2D eigenvalue weighted by Crippen LogP contribution is -2.58. The molecule has 0 radical (unpaired) electrons. The molecule has 2 aromatic rings. The maximum Gasteiger partial charge on any atom is 0.167 e. The van der Waals surface area contributed by atoms with E-state index < -0.39 is 11.4 Å². The number of ether oxygens (including phenoxy) is 3. The molecule has 1 saturated carbocycles. The van der Waals surface area contributed by atoms with Gasteiger partial charge in [-0.25, -0.2) is 15.0 Å². The number of nitrogens with zero attached hydrogens (tertiary/aromatic N) is 4. The van der Waals surface area contributed by atoms with Crippen LogP contribution in [0, 0.1) is 0 Å². The van der Waals surface area contributed by atoms with Gasteiger partial charge in [0.25, 0.3) is 0 Å². The van der Waals surface area contributed by atoms with Crippen molar-refractivity contribution >= 4 is 17.0 Å². The van der Waals surface area contributed by atoms with Crippen molar-refractivity contribution in [2.24, 2.45) is 5.73 Å². The van der Waals surface area contributed by atoms with Crippen molar-refractivity contribution in [3.05, 3.63) is 12.7 Å². The minimum atomic E-state index is -0.658. The van der Waals surface area contributed by atoms with Crippen molar-refractivity contribution in [2.45, 2.75) is 62.6 Å². The van der Waals surface area contributed by atoms with Gasteiger partial charge in [-0.05, 0) is 26.7 Å². The highest BCUT2D eigenvalue weighted by molar-refractivity contribution is 5.81. The summed E-state index contributed by atoms with van der Waals surface area (Å²) in [6.07, 6.45) is 3.82. The molecule has 4 N–H and O–H groups in total. The molecule has 3 aliphatic rings. The van der Waals surface area contributed by atoms with Crippen LogP contribution in [0.3, 0.4) is 0 Å². The van der Waals surface area contributed by atoms with E-state index in [2.05, 4.69) is 15.0 Å². The van der Waals surface area contributed by atoms with Gasteiger partial charge in [-0.3, -0.25) is 4.57 Å². The Bertz CT molecular complexity index is 815. The number of hydrogen-bond acceptors (Lipinski definition) is 8. The van der Waals surface area contributed by atoms with Crippen LogP contribution in [-0.2, 0) is 14.2 Å². The van der Waals surface area contributed by atoms with Crippen LogP contribution in [0.25, 0.3) is 11.2 Å². The van der Waals surface area contributed by atoms with Crippen LogP contribution in [0.5, 0.6) is 0 Å². The molecular weight excluding hydrogens is 312 g/mol. The van der Waals surface area contributed by atoms with Crippen LogP contribution in [0.2, 0.25) is 0 Å². The Labute approximate surface area is 138 Å². The Morgan fingerprint density at radius 2 is 1.96 bits per heavy atom. The quantitative estimate of drug-likeness (QED) is 0.765. The van der Waals surface area contributed by atoms with Gasteiger partial charge in [-0.15, -0.1) is 0 Å². The van der Waals surface area contributed by atoms with Gasteiger partial charge in [0.1, 0.15) is 29.7 Å². The molecule has 5 rings (SSSR count). The van der Waals surface area contributed by atoms with Gasteiger partial charge >= 0.3 is 0 Å². The van der Waals surface area contributed by atoms with Crippen molar-refractivity contribution in [3.63, 3.8) is 0 Å². The van der Waals surface area contributed by atoms with Crippen molar-refractivity contribution < 1.29 is 14.2 Å². The molecule has 4 heterocycles. The summed E-state index contributed by atoms with van der Waals surface area (Å²) in [4.78, 5) is 12.6. The molecule has 2 unspecified atom stereocenters. The molecule has 2 aliphatic heterocycles. The number of nitrogens with two attached hydrogens (primary N) is 2. The molecule has 3 fully saturated rings. The normalized spacial score (nSPS) is 40.1. The molecule has 1 aliphatic carbocycles. The van der Waals surface area contributed by atoms with Gasteiger partial charge < -0.3 is 25.7 Å². The van der Waals surface area contributed by atoms with E-state index in [0.717, 1.165) is 12.8 Å². The first-order valence-corrected chi connectivity index (χ1v) is 8.11. The largest absolute Gasteiger partial charge is 0.382 e. The maximum absolute atomic E-state index is 6.40.